The molecule has 6 nitrogen and oxygen atoms in total. The molecule has 1 aliphatic rings. The van der Waals surface area contributed by atoms with Crippen molar-refractivity contribution in [2.45, 2.75) is 19.4 Å². The summed E-state index contributed by atoms with van der Waals surface area (Å²) < 4.78 is 14.8. The van der Waals surface area contributed by atoms with Gasteiger partial charge in [-0.25, -0.2) is 14.4 Å². The Morgan fingerprint density at radius 2 is 2.14 bits per heavy atom. The quantitative estimate of drug-likeness (QED) is 0.537. The number of thiazole rings is 1. The van der Waals surface area contributed by atoms with E-state index in [1.807, 2.05) is 30.3 Å². The number of carbonyl (C=O) groups excluding carboxylic acids is 1. The van der Waals surface area contributed by atoms with Crippen LogP contribution in [0.5, 0.6) is 0 Å². The Labute approximate surface area is 170 Å². The van der Waals surface area contributed by atoms with Crippen molar-refractivity contribution in [3.8, 4) is 0 Å². The third kappa shape index (κ3) is 3.55. The van der Waals surface area contributed by atoms with Crippen molar-refractivity contribution >= 4 is 43.6 Å². The van der Waals surface area contributed by atoms with Gasteiger partial charge >= 0.3 is 0 Å². The predicted molar refractivity (Wildman–Crippen MR) is 112 cm³/mol. The summed E-state index contributed by atoms with van der Waals surface area (Å²) in [6.45, 7) is 1.79. The molecule has 1 saturated heterocycles. The number of piperidine rings is 1. The number of rotatable bonds is 4. The summed E-state index contributed by atoms with van der Waals surface area (Å²) in [7, 11) is 0. The number of hydrogen-bond acceptors (Lipinski definition) is 5. The Bertz CT molecular complexity index is 1150. The highest BCUT2D eigenvalue weighted by Crippen LogP contribution is 2.32. The fourth-order valence-corrected chi connectivity index (χ4v) is 4.82. The average molecular weight is 409 g/mol. The number of aromatic amines is 1. The molecule has 5 rings (SSSR count). The van der Waals surface area contributed by atoms with Crippen LogP contribution < -0.4 is 10.2 Å². The van der Waals surface area contributed by atoms with E-state index in [1.165, 1.54) is 17.4 Å². The van der Waals surface area contributed by atoms with Gasteiger partial charge in [0.2, 0.25) is 5.91 Å². The van der Waals surface area contributed by atoms with Gasteiger partial charge < -0.3 is 15.2 Å². The zero-order valence-electron chi connectivity index (χ0n) is 15.7. The molecular formula is C21H20FN5OS. The van der Waals surface area contributed by atoms with Crippen LogP contribution in [0.2, 0.25) is 0 Å². The Morgan fingerprint density at radius 1 is 1.24 bits per heavy atom. The van der Waals surface area contributed by atoms with E-state index in [2.05, 4.69) is 25.2 Å². The topological polar surface area (TPSA) is 73.9 Å². The number of fused-ring (bicyclic) bond motifs is 2. The van der Waals surface area contributed by atoms with Crippen LogP contribution in [0.15, 0.2) is 42.5 Å². The summed E-state index contributed by atoms with van der Waals surface area (Å²) in [4.78, 5) is 27.0. The Hall–Kier alpha value is -3.00. The minimum absolute atomic E-state index is 0.0162. The number of benzene rings is 2. The number of aromatic nitrogens is 3. The van der Waals surface area contributed by atoms with Crippen LogP contribution in [0.4, 0.5) is 9.52 Å². The van der Waals surface area contributed by atoms with E-state index in [4.69, 9.17) is 0 Å². The van der Waals surface area contributed by atoms with Crippen LogP contribution in [0.3, 0.4) is 0 Å². The minimum atomic E-state index is -0.304. The maximum absolute atomic E-state index is 14.0. The maximum Gasteiger partial charge on any atom is 0.225 e. The predicted octanol–water partition coefficient (Wildman–Crippen LogP) is 3.84. The van der Waals surface area contributed by atoms with Gasteiger partial charge in [0.25, 0.3) is 0 Å². The average Bonchev–Trinajstić information content (AvgIpc) is 3.37. The lowest BCUT2D eigenvalue weighted by Crippen LogP contribution is -2.43. The minimum Gasteiger partial charge on any atom is -0.349 e. The van der Waals surface area contributed by atoms with Gasteiger partial charge in [0.05, 0.1) is 28.2 Å². The van der Waals surface area contributed by atoms with E-state index < -0.39 is 0 Å². The lowest BCUT2D eigenvalue weighted by molar-refractivity contribution is -0.125. The molecule has 0 saturated carbocycles. The molecule has 8 heteroatoms. The number of imidazole rings is 1. The molecule has 1 amide bonds. The number of anilines is 1. The van der Waals surface area contributed by atoms with Crippen LogP contribution in [0, 0.1) is 11.7 Å². The molecule has 2 aromatic carbocycles. The molecule has 0 radical (unpaired) electrons. The van der Waals surface area contributed by atoms with Crippen molar-refractivity contribution < 1.29 is 9.18 Å². The first-order chi connectivity index (χ1) is 14.2. The van der Waals surface area contributed by atoms with Gasteiger partial charge in [-0.15, -0.1) is 0 Å². The number of halogens is 1. The maximum atomic E-state index is 14.0. The number of H-pyrrole nitrogens is 1. The second-order valence-electron chi connectivity index (χ2n) is 7.29. The fourth-order valence-electron chi connectivity index (χ4n) is 3.81. The summed E-state index contributed by atoms with van der Waals surface area (Å²) in [5.41, 5.74) is 2.26. The Morgan fingerprint density at radius 3 is 3.00 bits per heavy atom. The van der Waals surface area contributed by atoms with Crippen molar-refractivity contribution in [3.63, 3.8) is 0 Å². The third-order valence-electron chi connectivity index (χ3n) is 5.29. The molecule has 0 bridgehead atoms. The molecule has 3 heterocycles. The molecule has 29 heavy (non-hydrogen) atoms. The first kappa shape index (κ1) is 18.1. The summed E-state index contributed by atoms with van der Waals surface area (Å²) in [5.74, 6) is 0.337. The van der Waals surface area contributed by atoms with Crippen LogP contribution in [0.1, 0.15) is 18.7 Å². The molecule has 1 atom stereocenters. The van der Waals surface area contributed by atoms with Crippen molar-refractivity contribution in [2.24, 2.45) is 5.92 Å². The number of nitrogens with one attached hydrogen (secondary N) is 2. The van der Waals surface area contributed by atoms with Crippen LogP contribution in [0.25, 0.3) is 21.3 Å². The SMILES string of the molecule is O=C(NCc1nc2ccccc2[nH]1)C1CCCN(c2nc3c(F)cccc3s2)C1. The largest absolute Gasteiger partial charge is 0.349 e. The number of para-hydroxylation sites is 3. The van der Waals surface area contributed by atoms with E-state index >= 15 is 0 Å². The highest BCUT2D eigenvalue weighted by Gasteiger charge is 2.27. The van der Waals surface area contributed by atoms with Gasteiger partial charge in [0.1, 0.15) is 17.2 Å². The fraction of sp³-hybridized carbons (Fsp3) is 0.286. The zero-order valence-corrected chi connectivity index (χ0v) is 16.5. The highest BCUT2D eigenvalue weighted by molar-refractivity contribution is 7.22. The lowest BCUT2D eigenvalue weighted by Gasteiger charge is -2.31. The molecular weight excluding hydrogens is 389 g/mol. The number of amides is 1. The number of hydrogen-bond donors (Lipinski definition) is 2. The zero-order chi connectivity index (χ0) is 19.8. The summed E-state index contributed by atoms with van der Waals surface area (Å²) in [6.07, 6.45) is 1.74. The van der Waals surface area contributed by atoms with Gasteiger partial charge in [0, 0.05) is 13.1 Å². The Balaban J connectivity index is 1.25. The summed E-state index contributed by atoms with van der Waals surface area (Å²) in [5, 5.41) is 3.78. The summed E-state index contributed by atoms with van der Waals surface area (Å²) in [6, 6.07) is 12.8. The molecule has 1 fully saturated rings. The molecule has 2 N–H and O–H groups in total. The first-order valence-corrected chi connectivity index (χ1v) is 10.5. The Kier molecular flexibility index (Phi) is 4.63. The van der Waals surface area contributed by atoms with E-state index in [0.717, 1.165) is 46.1 Å². The van der Waals surface area contributed by atoms with Gasteiger partial charge in [-0.3, -0.25) is 4.79 Å². The number of nitrogens with zero attached hydrogens (tertiary/aromatic N) is 3. The smallest absolute Gasteiger partial charge is 0.225 e. The van der Waals surface area contributed by atoms with Crippen LogP contribution in [-0.4, -0.2) is 33.9 Å². The highest BCUT2D eigenvalue weighted by atomic mass is 32.1. The third-order valence-corrected chi connectivity index (χ3v) is 6.37. The summed E-state index contributed by atoms with van der Waals surface area (Å²) >= 11 is 1.47. The molecule has 2 aromatic heterocycles. The number of carbonyl (C=O) groups is 1. The van der Waals surface area contributed by atoms with Crippen molar-refractivity contribution in [1.29, 1.82) is 0 Å². The first-order valence-electron chi connectivity index (χ1n) is 9.69. The van der Waals surface area contributed by atoms with Crippen molar-refractivity contribution in [2.75, 3.05) is 18.0 Å². The standard InChI is InChI=1S/C21H20FN5OS/c22-14-6-3-9-17-19(14)26-21(29-17)27-10-4-5-13(12-27)20(28)23-11-18-24-15-7-1-2-8-16(15)25-18/h1-3,6-9,13H,4-5,10-12H2,(H,23,28)(H,24,25). The van der Waals surface area contributed by atoms with Gasteiger partial charge in [-0.1, -0.05) is 29.5 Å². The van der Waals surface area contributed by atoms with E-state index in [1.54, 1.807) is 6.07 Å². The van der Waals surface area contributed by atoms with Crippen LogP contribution in [-0.2, 0) is 11.3 Å². The second kappa shape index (κ2) is 7.44. The normalized spacial score (nSPS) is 17.1. The molecule has 4 aromatic rings. The molecule has 0 aliphatic carbocycles. The van der Waals surface area contributed by atoms with Crippen LogP contribution >= 0.6 is 11.3 Å². The molecule has 1 unspecified atom stereocenters. The van der Waals surface area contributed by atoms with Gasteiger partial charge in [-0.2, -0.15) is 0 Å². The second-order valence-corrected chi connectivity index (χ2v) is 8.30. The molecule has 0 spiro atoms. The van der Waals surface area contributed by atoms with Crippen molar-refractivity contribution in [1.82, 2.24) is 20.3 Å². The van der Waals surface area contributed by atoms with Gasteiger partial charge in [-0.05, 0) is 37.1 Å². The van der Waals surface area contributed by atoms with E-state index in [-0.39, 0.29) is 17.6 Å². The molecule has 1 aliphatic heterocycles. The monoisotopic (exact) mass is 409 g/mol. The van der Waals surface area contributed by atoms with Crippen molar-refractivity contribution in [3.05, 3.63) is 54.1 Å². The van der Waals surface area contributed by atoms with Gasteiger partial charge in [0.15, 0.2) is 5.13 Å². The molecule has 148 valence electrons. The van der Waals surface area contributed by atoms with E-state index in [9.17, 15) is 9.18 Å². The lowest BCUT2D eigenvalue weighted by atomic mass is 9.97. The van der Waals surface area contributed by atoms with E-state index in [0.29, 0.717) is 18.6 Å².